The van der Waals surface area contributed by atoms with Gasteiger partial charge in [0.1, 0.15) is 11.6 Å². The molecule has 1 unspecified atom stereocenters. The summed E-state index contributed by atoms with van der Waals surface area (Å²) in [6, 6.07) is 14.9. The molecule has 0 aliphatic rings. The molecule has 112 valence electrons. The normalized spacial score (nSPS) is 12.1. The quantitative estimate of drug-likeness (QED) is 0.827. The van der Waals surface area contributed by atoms with Gasteiger partial charge in [0.15, 0.2) is 0 Å². The molecule has 1 N–H and O–H groups in total. The first-order valence-corrected chi connectivity index (χ1v) is 7.44. The van der Waals surface area contributed by atoms with Gasteiger partial charge in [-0.15, -0.1) is 0 Å². The Labute approximate surface area is 126 Å². The van der Waals surface area contributed by atoms with Crippen molar-refractivity contribution in [1.29, 1.82) is 0 Å². The van der Waals surface area contributed by atoms with Crippen molar-refractivity contribution >= 4 is 0 Å². The highest BCUT2D eigenvalue weighted by Gasteiger charge is 2.15. The monoisotopic (exact) mass is 287 g/mol. The van der Waals surface area contributed by atoms with Gasteiger partial charge in [0.25, 0.3) is 0 Å². The highest BCUT2D eigenvalue weighted by atomic mass is 19.1. The molecule has 0 saturated carbocycles. The first-order valence-electron chi connectivity index (χ1n) is 7.44. The molecule has 3 heteroatoms. The lowest BCUT2D eigenvalue weighted by Gasteiger charge is -2.21. The van der Waals surface area contributed by atoms with Crippen LogP contribution in [-0.4, -0.2) is 13.2 Å². The predicted molar refractivity (Wildman–Crippen MR) is 84.1 cm³/mol. The number of ether oxygens (including phenoxy) is 1. The van der Waals surface area contributed by atoms with Gasteiger partial charge in [-0.2, -0.15) is 0 Å². The Morgan fingerprint density at radius 2 is 1.90 bits per heavy atom. The number of halogens is 1. The van der Waals surface area contributed by atoms with Gasteiger partial charge >= 0.3 is 0 Å². The molecule has 1 atom stereocenters. The van der Waals surface area contributed by atoms with Crippen molar-refractivity contribution in [3.05, 3.63) is 65.5 Å². The zero-order valence-electron chi connectivity index (χ0n) is 12.6. The highest BCUT2D eigenvalue weighted by Crippen LogP contribution is 2.27. The van der Waals surface area contributed by atoms with Crippen molar-refractivity contribution < 1.29 is 9.13 Å². The van der Waals surface area contributed by atoms with Gasteiger partial charge in [-0.3, -0.25) is 0 Å². The fourth-order valence-corrected chi connectivity index (χ4v) is 2.49. The largest absolute Gasteiger partial charge is 0.494 e. The number of benzene rings is 2. The summed E-state index contributed by atoms with van der Waals surface area (Å²) < 4.78 is 19.1. The average molecular weight is 287 g/mol. The zero-order valence-corrected chi connectivity index (χ0v) is 12.6. The third-order valence-corrected chi connectivity index (χ3v) is 3.37. The van der Waals surface area contributed by atoms with E-state index in [0.717, 1.165) is 29.8 Å². The van der Waals surface area contributed by atoms with Crippen molar-refractivity contribution in [3.8, 4) is 5.75 Å². The van der Waals surface area contributed by atoms with E-state index in [9.17, 15) is 4.39 Å². The van der Waals surface area contributed by atoms with Crippen LogP contribution in [0.1, 0.15) is 31.0 Å². The van der Waals surface area contributed by atoms with E-state index in [4.69, 9.17) is 4.74 Å². The number of rotatable bonds is 7. The van der Waals surface area contributed by atoms with E-state index >= 15 is 0 Å². The van der Waals surface area contributed by atoms with Crippen molar-refractivity contribution in [2.45, 2.75) is 26.3 Å². The van der Waals surface area contributed by atoms with E-state index in [0.29, 0.717) is 6.61 Å². The van der Waals surface area contributed by atoms with E-state index in [1.165, 1.54) is 6.07 Å². The SMILES string of the molecule is CCNC(Cc1cccc(F)c1)c1ccccc1OCC. The molecule has 2 aromatic rings. The fourth-order valence-electron chi connectivity index (χ4n) is 2.49. The van der Waals surface area contributed by atoms with Gasteiger partial charge in [0.05, 0.1) is 6.61 Å². The zero-order chi connectivity index (χ0) is 15.1. The summed E-state index contributed by atoms with van der Waals surface area (Å²) in [6.45, 7) is 5.53. The maximum absolute atomic E-state index is 13.4. The van der Waals surface area contributed by atoms with E-state index in [-0.39, 0.29) is 11.9 Å². The lowest BCUT2D eigenvalue weighted by atomic mass is 9.98. The minimum Gasteiger partial charge on any atom is -0.494 e. The van der Waals surface area contributed by atoms with Gasteiger partial charge < -0.3 is 10.1 Å². The molecule has 0 aromatic heterocycles. The number of hydrogen-bond acceptors (Lipinski definition) is 2. The van der Waals surface area contributed by atoms with Crippen LogP contribution in [0.3, 0.4) is 0 Å². The van der Waals surface area contributed by atoms with Gasteiger partial charge in [0.2, 0.25) is 0 Å². The molecule has 21 heavy (non-hydrogen) atoms. The molecule has 0 bridgehead atoms. The summed E-state index contributed by atoms with van der Waals surface area (Å²) >= 11 is 0. The molecule has 0 aliphatic carbocycles. The van der Waals surface area contributed by atoms with Crippen LogP contribution in [0.15, 0.2) is 48.5 Å². The Balaban J connectivity index is 2.26. The fraction of sp³-hybridized carbons (Fsp3) is 0.333. The molecule has 0 heterocycles. The van der Waals surface area contributed by atoms with Crippen molar-refractivity contribution in [1.82, 2.24) is 5.32 Å². The van der Waals surface area contributed by atoms with Gasteiger partial charge in [-0.05, 0) is 43.7 Å². The first kappa shape index (κ1) is 15.5. The summed E-state index contributed by atoms with van der Waals surface area (Å²) in [6.07, 6.45) is 0.732. The number of hydrogen-bond donors (Lipinski definition) is 1. The molecular weight excluding hydrogens is 265 g/mol. The topological polar surface area (TPSA) is 21.3 Å². The van der Waals surface area contributed by atoms with Crippen LogP contribution in [0, 0.1) is 5.82 Å². The summed E-state index contributed by atoms with van der Waals surface area (Å²) in [5, 5.41) is 3.46. The van der Waals surface area contributed by atoms with E-state index in [2.05, 4.69) is 18.3 Å². The Morgan fingerprint density at radius 3 is 2.62 bits per heavy atom. The number of para-hydroxylation sites is 1. The summed E-state index contributed by atoms with van der Waals surface area (Å²) in [5.41, 5.74) is 2.10. The van der Waals surface area contributed by atoms with E-state index in [1.807, 2.05) is 31.2 Å². The molecule has 0 amide bonds. The second-order valence-electron chi connectivity index (χ2n) is 4.92. The van der Waals surface area contributed by atoms with Crippen LogP contribution < -0.4 is 10.1 Å². The smallest absolute Gasteiger partial charge is 0.124 e. The predicted octanol–water partition coefficient (Wildman–Crippen LogP) is 4.12. The third kappa shape index (κ3) is 4.30. The molecule has 0 fully saturated rings. The van der Waals surface area contributed by atoms with Gasteiger partial charge in [0, 0.05) is 11.6 Å². The molecule has 2 rings (SSSR count). The Kier molecular flexibility index (Phi) is 5.76. The van der Waals surface area contributed by atoms with Crippen LogP contribution in [0.2, 0.25) is 0 Å². The van der Waals surface area contributed by atoms with Crippen molar-refractivity contribution in [2.75, 3.05) is 13.2 Å². The summed E-state index contributed by atoms with van der Waals surface area (Å²) in [4.78, 5) is 0. The number of nitrogens with one attached hydrogen (secondary N) is 1. The molecule has 2 aromatic carbocycles. The minimum absolute atomic E-state index is 0.111. The molecule has 0 spiro atoms. The maximum Gasteiger partial charge on any atom is 0.124 e. The van der Waals surface area contributed by atoms with E-state index in [1.54, 1.807) is 12.1 Å². The molecule has 2 nitrogen and oxygen atoms in total. The second kappa shape index (κ2) is 7.79. The molecule has 0 saturated heterocycles. The lowest BCUT2D eigenvalue weighted by molar-refractivity contribution is 0.331. The summed E-state index contributed by atoms with van der Waals surface area (Å²) in [7, 11) is 0. The lowest BCUT2D eigenvalue weighted by Crippen LogP contribution is -2.23. The molecule has 0 radical (unpaired) electrons. The van der Waals surface area contributed by atoms with Crippen LogP contribution in [0.4, 0.5) is 4.39 Å². The van der Waals surface area contributed by atoms with Crippen LogP contribution in [0.25, 0.3) is 0 Å². The van der Waals surface area contributed by atoms with Gasteiger partial charge in [-0.25, -0.2) is 4.39 Å². The van der Waals surface area contributed by atoms with Gasteiger partial charge in [-0.1, -0.05) is 37.3 Å². The second-order valence-corrected chi connectivity index (χ2v) is 4.92. The summed E-state index contributed by atoms with van der Waals surface area (Å²) in [5.74, 6) is 0.697. The highest BCUT2D eigenvalue weighted by molar-refractivity contribution is 5.37. The average Bonchev–Trinajstić information content (AvgIpc) is 2.48. The third-order valence-electron chi connectivity index (χ3n) is 3.37. The van der Waals surface area contributed by atoms with E-state index < -0.39 is 0 Å². The standard InChI is InChI=1S/C18H22FNO/c1-3-20-17(13-14-8-7-9-15(19)12-14)16-10-5-6-11-18(16)21-4-2/h5-12,17,20H,3-4,13H2,1-2H3. The minimum atomic E-state index is -0.194. The van der Waals surface area contributed by atoms with Crippen molar-refractivity contribution in [3.63, 3.8) is 0 Å². The Bertz CT molecular complexity index is 571. The van der Waals surface area contributed by atoms with Crippen LogP contribution in [-0.2, 0) is 6.42 Å². The Morgan fingerprint density at radius 1 is 1.10 bits per heavy atom. The first-order chi connectivity index (χ1) is 10.2. The molecular formula is C18H22FNO. The maximum atomic E-state index is 13.4. The number of likely N-dealkylation sites (N-methyl/N-ethyl adjacent to an activating group) is 1. The van der Waals surface area contributed by atoms with Crippen LogP contribution in [0.5, 0.6) is 5.75 Å². The van der Waals surface area contributed by atoms with Crippen LogP contribution >= 0.6 is 0 Å². The van der Waals surface area contributed by atoms with Crippen molar-refractivity contribution in [2.24, 2.45) is 0 Å². The Hall–Kier alpha value is -1.87. The molecule has 0 aliphatic heterocycles.